The minimum Gasteiger partial charge on any atom is -0.495 e. The molecule has 0 radical (unpaired) electrons. The quantitative estimate of drug-likeness (QED) is 0.443. The summed E-state index contributed by atoms with van der Waals surface area (Å²) in [6, 6.07) is 11.2. The monoisotopic (exact) mass is 470 g/mol. The lowest BCUT2D eigenvalue weighted by atomic mass is 9.97. The molecule has 1 N–H and O–H groups in total. The number of fused-ring (bicyclic) bond motifs is 1. The predicted molar refractivity (Wildman–Crippen MR) is 129 cm³/mol. The molecule has 2 aromatic carbocycles. The summed E-state index contributed by atoms with van der Waals surface area (Å²) in [7, 11) is 3.80. The van der Waals surface area contributed by atoms with Crippen molar-refractivity contribution in [1.29, 1.82) is 0 Å². The summed E-state index contributed by atoms with van der Waals surface area (Å²) in [5.41, 5.74) is 5.56. The Hall–Kier alpha value is -2.21. The molecule has 30 heavy (non-hydrogen) atoms. The molecule has 1 aromatic heterocycles. The van der Waals surface area contributed by atoms with Crippen molar-refractivity contribution in [3.63, 3.8) is 0 Å². The van der Waals surface area contributed by atoms with E-state index in [9.17, 15) is 0 Å². The number of rotatable bonds is 6. The highest BCUT2D eigenvalue weighted by Gasteiger charge is 2.25. The number of nitrogens with one attached hydrogen (secondary N) is 1. The van der Waals surface area contributed by atoms with Crippen molar-refractivity contribution in [1.82, 2.24) is 9.55 Å². The van der Waals surface area contributed by atoms with E-state index in [1.54, 1.807) is 7.11 Å². The van der Waals surface area contributed by atoms with Crippen molar-refractivity contribution < 1.29 is 4.74 Å². The Kier molecular flexibility index (Phi) is 6.23. The van der Waals surface area contributed by atoms with Gasteiger partial charge in [0, 0.05) is 24.1 Å². The van der Waals surface area contributed by atoms with Gasteiger partial charge >= 0.3 is 0 Å². The molecule has 0 spiro atoms. The van der Waals surface area contributed by atoms with Crippen LogP contribution in [0.3, 0.4) is 0 Å². The third-order valence-corrected chi connectivity index (χ3v) is 6.61. The van der Waals surface area contributed by atoms with Gasteiger partial charge < -0.3 is 19.5 Å². The minimum absolute atomic E-state index is 0.620. The molecule has 5 nitrogen and oxygen atoms in total. The van der Waals surface area contributed by atoms with Crippen molar-refractivity contribution in [2.45, 2.75) is 52.0 Å². The number of hydrogen-bond donors (Lipinski definition) is 1. The number of aryl methyl sites for hydroxylation is 2. The van der Waals surface area contributed by atoms with Crippen molar-refractivity contribution in [2.75, 3.05) is 23.9 Å². The maximum absolute atomic E-state index is 5.62. The van der Waals surface area contributed by atoms with Crippen LogP contribution in [0.4, 0.5) is 17.3 Å². The fourth-order valence-electron chi connectivity index (χ4n) is 4.69. The second-order valence-corrected chi connectivity index (χ2v) is 9.11. The topological polar surface area (TPSA) is 42.3 Å². The van der Waals surface area contributed by atoms with Crippen LogP contribution in [0.2, 0.25) is 0 Å². The van der Waals surface area contributed by atoms with E-state index in [1.165, 1.54) is 43.3 Å². The summed E-state index contributed by atoms with van der Waals surface area (Å²) in [6.07, 6.45) is 6.34. The number of halogens is 1. The zero-order valence-electron chi connectivity index (χ0n) is 18.3. The van der Waals surface area contributed by atoms with Gasteiger partial charge in [-0.25, -0.2) is 4.98 Å². The third kappa shape index (κ3) is 3.89. The van der Waals surface area contributed by atoms with Crippen LogP contribution in [-0.4, -0.2) is 29.2 Å². The van der Waals surface area contributed by atoms with Crippen LogP contribution in [0.15, 0.2) is 34.8 Å². The van der Waals surface area contributed by atoms with Gasteiger partial charge in [0.2, 0.25) is 5.95 Å². The Morgan fingerprint density at radius 2 is 2.10 bits per heavy atom. The van der Waals surface area contributed by atoms with E-state index in [4.69, 9.17) is 9.72 Å². The number of imidazole rings is 1. The van der Waals surface area contributed by atoms with Crippen molar-refractivity contribution >= 4 is 44.3 Å². The van der Waals surface area contributed by atoms with Gasteiger partial charge in [0.05, 0.1) is 29.5 Å². The molecule has 1 unspecified atom stereocenters. The number of methoxy groups -OCH3 is 1. The molecule has 1 aliphatic heterocycles. The van der Waals surface area contributed by atoms with E-state index in [-0.39, 0.29) is 0 Å². The van der Waals surface area contributed by atoms with Crippen LogP contribution in [0.5, 0.6) is 5.75 Å². The van der Waals surface area contributed by atoms with Crippen LogP contribution in [0.1, 0.15) is 44.6 Å². The molecule has 0 amide bonds. The van der Waals surface area contributed by atoms with Crippen LogP contribution in [-0.2, 0) is 7.05 Å². The average molecular weight is 471 g/mol. The highest BCUT2D eigenvalue weighted by Crippen LogP contribution is 2.37. The lowest BCUT2D eigenvalue weighted by Gasteiger charge is -2.38. The van der Waals surface area contributed by atoms with Crippen molar-refractivity contribution in [3.05, 3.63) is 40.4 Å². The molecule has 0 aliphatic carbocycles. The van der Waals surface area contributed by atoms with E-state index in [0.717, 1.165) is 39.5 Å². The van der Waals surface area contributed by atoms with Crippen molar-refractivity contribution in [2.24, 2.45) is 7.05 Å². The molecule has 2 heterocycles. The van der Waals surface area contributed by atoms with Gasteiger partial charge in [-0.15, -0.1) is 0 Å². The minimum atomic E-state index is 0.620. The zero-order valence-corrected chi connectivity index (χ0v) is 19.9. The number of ether oxygens (including phenoxy) is 1. The summed E-state index contributed by atoms with van der Waals surface area (Å²) < 4.78 is 8.80. The third-order valence-electron chi connectivity index (χ3n) is 6.15. The number of aromatic nitrogens is 2. The Morgan fingerprint density at radius 3 is 2.87 bits per heavy atom. The van der Waals surface area contributed by atoms with Crippen LogP contribution >= 0.6 is 15.9 Å². The van der Waals surface area contributed by atoms with Gasteiger partial charge in [-0.3, -0.25) is 0 Å². The number of hydrogen-bond acceptors (Lipinski definition) is 4. The van der Waals surface area contributed by atoms with Gasteiger partial charge in [-0.2, -0.15) is 0 Å². The van der Waals surface area contributed by atoms with Gasteiger partial charge in [0.1, 0.15) is 5.75 Å². The summed E-state index contributed by atoms with van der Waals surface area (Å²) >= 11 is 3.55. The number of piperidine rings is 1. The van der Waals surface area contributed by atoms with E-state index in [2.05, 4.69) is 75.9 Å². The Bertz CT molecular complexity index is 1040. The lowest BCUT2D eigenvalue weighted by molar-refractivity contribution is 0.416. The van der Waals surface area contributed by atoms with Crippen LogP contribution in [0, 0.1) is 6.92 Å². The largest absolute Gasteiger partial charge is 0.495 e. The van der Waals surface area contributed by atoms with Gasteiger partial charge in [-0.1, -0.05) is 35.3 Å². The summed E-state index contributed by atoms with van der Waals surface area (Å²) in [5, 5.41) is 3.53. The molecule has 4 rings (SSSR count). The average Bonchev–Trinajstić information content (AvgIpc) is 3.06. The van der Waals surface area contributed by atoms with E-state index < -0.39 is 0 Å². The molecular weight excluding hydrogens is 440 g/mol. The van der Waals surface area contributed by atoms with E-state index >= 15 is 0 Å². The maximum atomic E-state index is 5.62. The molecule has 1 atom stereocenters. The number of nitrogens with zero attached hydrogens (tertiary/aromatic N) is 3. The Labute approximate surface area is 187 Å². The number of para-hydroxylation sites is 1. The molecule has 3 aromatic rings. The lowest BCUT2D eigenvalue weighted by Crippen LogP contribution is -2.39. The van der Waals surface area contributed by atoms with Crippen LogP contribution < -0.4 is 15.0 Å². The predicted octanol–water partition coefficient (Wildman–Crippen LogP) is 6.56. The molecule has 1 aliphatic rings. The highest BCUT2D eigenvalue weighted by molar-refractivity contribution is 9.10. The normalized spacial score (nSPS) is 16.8. The second-order valence-electron chi connectivity index (χ2n) is 8.20. The first-order chi connectivity index (χ1) is 14.5. The molecule has 0 bridgehead atoms. The van der Waals surface area contributed by atoms with Gasteiger partial charge in [-0.05, 0) is 62.4 Å². The highest BCUT2D eigenvalue weighted by atomic mass is 79.9. The van der Waals surface area contributed by atoms with Crippen LogP contribution in [0.25, 0.3) is 11.0 Å². The first-order valence-electron chi connectivity index (χ1n) is 10.9. The summed E-state index contributed by atoms with van der Waals surface area (Å²) in [4.78, 5) is 7.55. The zero-order chi connectivity index (χ0) is 21.3. The standard InChI is InChI=1S/C24H31BrN4O/c1-5-9-18-10-6-7-13-29(18)20-12-8-11-19-23(20)28(3)24(26-19)27-22-16(2)14-17(25)15-21(22)30-4/h8,11-12,14-15,18H,5-7,9-10,13H2,1-4H3,(H,26,27). The first-order valence-corrected chi connectivity index (χ1v) is 11.7. The molecule has 1 saturated heterocycles. The smallest absolute Gasteiger partial charge is 0.208 e. The van der Waals surface area contributed by atoms with E-state index in [1.807, 2.05) is 6.07 Å². The second kappa shape index (κ2) is 8.88. The fraction of sp³-hybridized carbons (Fsp3) is 0.458. The van der Waals surface area contributed by atoms with Crippen molar-refractivity contribution in [3.8, 4) is 5.75 Å². The summed E-state index contributed by atoms with van der Waals surface area (Å²) in [5.74, 6) is 1.62. The first kappa shape index (κ1) is 21.0. The van der Waals surface area contributed by atoms with Gasteiger partial charge in [0.15, 0.2) is 0 Å². The van der Waals surface area contributed by atoms with E-state index in [0.29, 0.717) is 6.04 Å². The Balaban J connectivity index is 1.76. The fourth-order valence-corrected chi connectivity index (χ4v) is 5.24. The Morgan fingerprint density at radius 1 is 1.27 bits per heavy atom. The SMILES string of the molecule is CCCC1CCCCN1c1cccc2nc(Nc3c(C)cc(Br)cc3OC)n(C)c12. The molecule has 160 valence electrons. The molecular formula is C24H31BrN4O. The maximum Gasteiger partial charge on any atom is 0.208 e. The molecule has 6 heteroatoms. The molecule has 0 saturated carbocycles. The number of benzene rings is 2. The molecule has 1 fully saturated rings. The summed E-state index contributed by atoms with van der Waals surface area (Å²) in [6.45, 7) is 5.48. The van der Waals surface area contributed by atoms with Gasteiger partial charge in [0.25, 0.3) is 0 Å². The number of anilines is 3.